The molecule has 4 nitrogen and oxygen atoms in total. The van der Waals surface area contributed by atoms with E-state index in [-0.39, 0.29) is 11.8 Å². The lowest BCUT2D eigenvalue weighted by molar-refractivity contribution is -0.0498. The molecule has 0 aliphatic rings. The van der Waals surface area contributed by atoms with Crippen LogP contribution in [-0.4, -0.2) is 33.0 Å². The van der Waals surface area contributed by atoms with E-state index in [2.05, 4.69) is 10.2 Å². The molecule has 0 spiro atoms. The highest BCUT2D eigenvalue weighted by Crippen LogP contribution is 2.16. The van der Waals surface area contributed by atoms with Gasteiger partial charge in [-0.25, -0.2) is 0 Å². The van der Waals surface area contributed by atoms with Crippen LogP contribution in [-0.2, 0) is 16.0 Å². The number of hydroxylamine groups is 1. The Hall–Kier alpha value is -1.24. The average molecular weight is 289 g/mol. The van der Waals surface area contributed by atoms with Crippen molar-refractivity contribution in [3.8, 4) is 5.75 Å². The highest BCUT2D eigenvalue weighted by Gasteiger charge is 2.05. The Labute approximate surface area is 118 Å². The minimum Gasteiger partial charge on any atom is -0.435 e. The minimum absolute atomic E-state index is 0.179. The summed E-state index contributed by atoms with van der Waals surface area (Å²) in [7, 11) is 1.62. The summed E-state index contributed by atoms with van der Waals surface area (Å²) in [5, 5.41) is 0. The maximum atomic E-state index is 12.0. The second-order valence-electron chi connectivity index (χ2n) is 4.42. The Morgan fingerprint density at radius 2 is 1.85 bits per heavy atom. The van der Waals surface area contributed by atoms with Gasteiger partial charge in [0.25, 0.3) is 0 Å². The molecule has 114 valence electrons. The number of hydrogen-bond donors (Lipinski definition) is 1. The summed E-state index contributed by atoms with van der Waals surface area (Å²) in [6, 6.07) is 6.87. The first kappa shape index (κ1) is 16.8. The van der Waals surface area contributed by atoms with Gasteiger partial charge in [-0.1, -0.05) is 12.1 Å². The van der Waals surface area contributed by atoms with Crippen LogP contribution in [0.25, 0.3) is 0 Å². The third-order valence-electron chi connectivity index (χ3n) is 2.69. The van der Waals surface area contributed by atoms with Gasteiger partial charge < -0.3 is 9.47 Å². The molecule has 1 rings (SSSR count). The van der Waals surface area contributed by atoms with Crippen molar-refractivity contribution < 1.29 is 23.1 Å². The monoisotopic (exact) mass is 289 g/mol. The van der Waals surface area contributed by atoms with Gasteiger partial charge in [-0.05, 0) is 37.5 Å². The largest absolute Gasteiger partial charge is 0.435 e. The average Bonchev–Trinajstić information content (AvgIpc) is 2.42. The van der Waals surface area contributed by atoms with E-state index in [1.807, 2.05) is 6.92 Å². The summed E-state index contributed by atoms with van der Waals surface area (Å²) in [6.45, 7) is 0.279. The summed E-state index contributed by atoms with van der Waals surface area (Å²) < 4.78 is 33.1. The van der Waals surface area contributed by atoms with Crippen LogP contribution in [0.3, 0.4) is 0 Å². The zero-order valence-electron chi connectivity index (χ0n) is 11.8. The number of alkyl halides is 2. The van der Waals surface area contributed by atoms with Crippen molar-refractivity contribution in [2.45, 2.75) is 32.4 Å². The first-order valence-corrected chi connectivity index (χ1v) is 6.52. The molecule has 0 fully saturated rings. The number of ether oxygens (including phenoxy) is 2. The Balaban J connectivity index is 2.23. The molecule has 1 aromatic rings. The van der Waals surface area contributed by atoms with Gasteiger partial charge in [-0.2, -0.15) is 14.3 Å². The molecular formula is C14H21F2NO3. The Morgan fingerprint density at radius 1 is 1.15 bits per heavy atom. The smallest absolute Gasteiger partial charge is 0.387 e. The molecule has 6 heteroatoms. The van der Waals surface area contributed by atoms with Crippen molar-refractivity contribution in [1.29, 1.82) is 0 Å². The summed E-state index contributed by atoms with van der Waals surface area (Å²) in [4.78, 5) is 5.21. The summed E-state index contributed by atoms with van der Waals surface area (Å²) in [5.41, 5.74) is 3.99. The highest BCUT2D eigenvalue weighted by atomic mass is 19.3. The van der Waals surface area contributed by atoms with Crippen molar-refractivity contribution in [2.75, 3.05) is 20.3 Å². The van der Waals surface area contributed by atoms with Crippen LogP contribution in [0.4, 0.5) is 8.78 Å². The molecule has 0 aromatic heterocycles. The predicted octanol–water partition coefficient (Wildman–Crippen LogP) is 2.78. The lowest BCUT2D eigenvalue weighted by atomic mass is 10.1. The predicted molar refractivity (Wildman–Crippen MR) is 71.8 cm³/mol. The van der Waals surface area contributed by atoms with Crippen molar-refractivity contribution in [3.05, 3.63) is 29.8 Å². The molecule has 0 saturated heterocycles. The van der Waals surface area contributed by atoms with Gasteiger partial charge in [0.1, 0.15) is 5.75 Å². The fraction of sp³-hybridized carbons (Fsp3) is 0.571. The Bertz CT molecular complexity index is 360. The summed E-state index contributed by atoms with van der Waals surface area (Å²) in [5.74, 6) is 0.179. The van der Waals surface area contributed by atoms with E-state index in [1.165, 1.54) is 0 Å². The SMILES string of the molecule is COCCONC(C)CCc1ccc(OC(F)F)cc1. The normalized spacial score (nSPS) is 12.7. The van der Waals surface area contributed by atoms with E-state index in [0.717, 1.165) is 18.4 Å². The number of halogens is 2. The van der Waals surface area contributed by atoms with Crippen molar-refractivity contribution >= 4 is 0 Å². The summed E-state index contributed by atoms with van der Waals surface area (Å²) in [6.07, 6.45) is 1.71. The van der Waals surface area contributed by atoms with Gasteiger partial charge in [0, 0.05) is 13.2 Å². The van der Waals surface area contributed by atoms with Crippen molar-refractivity contribution in [1.82, 2.24) is 5.48 Å². The number of rotatable bonds is 10. The van der Waals surface area contributed by atoms with E-state index in [1.54, 1.807) is 31.4 Å². The van der Waals surface area contributed by atoms with Crippen molar-refractivity contribution in [2.24, 2.45) is 0 Å². The van der Waals surface area contributed by atoms with Crippen LogP contribution < -0.4 is 10.2 Å². The molecule has 1 N–H and O–H groups in total. The van der Waals surface area contributed by atoms with Crippen LogP contribution in [0.2, 0.25) is 0 Å². The molecule has 0 amide bonds. The second kappa shape index (κ2) is 9.63. The minimum atomic E-state index is -2.78. The van der Waals surface area contributed by atoms with Gasteiger partial charge >= 0.3 is 6.61 Å². The highest BCUT2D eigenvalue weighted by molar-refractivity contribution is 5.27. The molecule has 1 aromatic carbocycles. The molecule has 0 radical (unpaired) electrons. The van der Waals surface area contributed by atoms with Crippen LogP contribution in [0.15, 0.2) is 24.3 Å². The number of nitrogens with one attached hydrogen (secondary N) is 1. The maximum Gasteiger partial charge on any atom is 0.387 e. The topological polar surface area (TPSA) is 39.7 Å². The molecule has 0 bridgehead atoms. The zero-order valence-corrected chi connectivity index (χ0v) is 11.8. The first-order chi connectivity index (χ1) is 9.61. The van der Waals surface area contributed by atoms with Gasteiger partial charge in [0.2, 0.25) is 0 Å². The maximum absolute atomic E-state index is 12.0. The first-order valence-electron chi connectivity index (χ1n) is 6.52. The third-order valence-corrected chi connectivity index (χ3v) is 2.69. The Kier molecular flexibility index (Phi) is 8.10. The molecular weight excluding hydrogens is 268 g/mol. The van der Waals surface area contributed by atoms with E-state index < -0.39 is 6.61 Å². The molecule has 0 saturated carbocycles. The quantitative estimate of drug-likeness (QED) is 0.531. The van der Waals surface area contributed by atoms with E-state index >= 15 is 0 Å². The Morgan fingerprint density at radius 3 is 2.45 bits per heavy atom. The van der Waals surface area contributed by atoms with Gasteiger partial charge in [-0.3, -0.25) is 4.84 Å². The molecule has 1 atom stereocenters. The zero-order chi connectivity index (χ0) is 14.8. The van der Waals surface area contributed by atoms with E-state index in [9.17, 15) is 8.78 Å². The fourth-order valence-electron chi connectivity index (χ4n) is 1.61. The van der Waals surface area contributed by atoms with Crippen molar-refractivity contribution in [3.63, 3.8) is 0 Å². The van der Waals surface area contributed by atoms with Crippen LogP contribution in [0.5, 0.6) is 5.75 Å². The summed E-state index contributed by atoms with van der Waals surface area (Å²) >= 11 is 0. The van der Waals surface area contributed by atoms with Crippen LogP contribution in [0, 0.1) is 0 Å². The third kappa shape index (κ3) is 7.37. The second-order valence-corrected chi connectivity index (χ2v) is 4.42. The fourth-order valence-corrected chi connectivity index (χ4v) is 1.61. The number of benzene rings is 1. The lowest BCUT2D eigenvalue weighted by Gasteiger charge is -2.13. The number of methoxy groups -OCH3 is 1. The van der Waals surface area contributed by atoms with E-state index in [4.69, 9.17) is 9.57 Å². The number of aryl methyl sites for hydroxylation is 1. The van der Waals surface area contributed by atoms with Crippen LogP contribution in [0.1, 0.15) is 18.9 Å². The van der Waals surface area contributed by atoms with Crippen LogP contribution >= 0.6 is 0 Å². The molecule has 0 aliphatic carbocycles. The molecule has 1 unspecified atom stereocenters. The standard InChI is InChI=1S/C14H21F2NO3/c1-11(17-19-10-9-18-2)3-4-12-5-7-13(8-6-12)20-14(15)16/h5-8,11,14,17H,3-4,9-10H2,1-2H3. The molecule has 20 heavy (non-hydrogen) atoms. The van der Waals surface area contributed by atoms with Gasteiger partial charge in [0.05, 0.1) is 13.2 Å². The molecule has 0 heterocycles. The lowest BCUT2D eigenvalue weighted by Crippen LogP contribution is -2.28. The van der Waals surface area contributed by atoms with Gasteiger partial charge in [0.15, 0.2) is 0 Å². The molecule has 0 aliphatic heterocycles. The van der Waals surface area contributed by atoms with E-state index in [0.29, 0.717) is 13.2 Å². The number of hydrogen-bond acceptors (Lipinski definition) is 4. The van der Waals surface area contributed by atoms with Gasteiger partial charge in [-0.15, -0.1) is 0 Å².